The van der Waals surface area contributed by atoms with Crippen molar-refractivity contribution in [3.63, 3.8) is 0 Å². The van der Waals surface area contributed by atoms with E-state index in [1.807, 2.05) is 79.7 Å². The summed E-state index contributed by atoms with van der Waals surface area (Å²) in [5.41, 5.74) is 4.24. The number of hydrogen-bond acceptors (Lipinski definition) is 4. The number of nitriles is 1. The van der Waals surface area contributed by atoms with Crippen molar-refractivity contribution in [2.75, 3.05) is 0 Å². The maximum Gasteiger partial charge on any atom is 0.220 e. The molecule has 1 N–H and O–H groups in total. The topological polar surface area (TPSA) is 78.9 Å². The molecule has 0 saturated carbocycles. The van der Waals surface area contributed by atoms with Gasteiger partial charge in [-0.25, -0.2) is 4.98 Å². The van der Waals surface area contributed by atoms with Crippen molar-refractivity contribution < 1.29 is 9.21 Å². The predicted octanol–water partition coefficient (Wildman–Crippen LogP) is 5.69. The number of hydrogen-bond donors (Lipinski definition) is 1. The molecule has 0 unspecified atom stereocenters. The smallest absolute Gasteiger partial charge is 0.220 e. The Labute approximate surface area is 187 Å². The molecular formula is C27H23N3O2. The molecule has 4 rings (SSSR count). The highest BCUT2D eigenvalue weighted by atomic mass is 16.4. The molecule has 32 heavy (non-hydrogen) atoms. The van der Waals surface area contributed by atoms with Crippen LogP contribution in [0.2, 0.25) is 0 Å². The van der Waals surface area contributed by atoms with Crippen molar-refractivity contribution in [2.24, 2.45) is 0 Å². The van der Waals surface area contributed by atoms with Gasteiger partial charge in [0.2, 0.25) is 5.91 Å². The SMILES string of the molecule is C[C@H](NC(=O)CCc1nc(-c2ccccc2)c(-c2ccccc2)o1)c1ccc(C#N)cc1. The minimum Gasteiger partial charge on any atom is -0.440 e. The lowest BCUT2D eigenvalue weighted by molar-refractivity contribution is -0.121. The summed E-state index contributed by atoms with van der Waals surface area (Å²) >= 11 is 0. The normalized spacial score (nSPS) is 11.5. The van der Waals surface area contributed by atoms with E-state index < -0.39 is 0 Å². The number of carbonyl (C=O) groups is 1. The molecule has 0 aliphatic carbocycles. The van der Waals surface area contributed by atoms with Crippen molar-refractivity contribution in [1.29, 1.82) is 5.26 Å². The molecule has 4 aromatic rings. The lowest BCUT2D eigenvalue weighted by Gasteiger charge is -2.14. The van der Waals surface area contributed by atoms with E-state index in [9.17, 15) is 4.79 Å². The zero-order valence-electron chi connectivity index (χ0n) is 17.8. The number of benzene rings is 3. The highest BCUT2D eigenvalue weighted by Crippen LogP contribution is 2.32. The van der Waals surface area contributed by atoms with Gasteiger partial charge in [0, 0.05) is 24.0 Å². The fourth-order valence-electron chi connectivity index (χ4n) is 3.51. The zero-order valence-corrected chi connectivity index (χ0v) is 17.8. The van der Waals surface area contributed by atoms with Crippen molar-refractivity contribution in [2.45, 2.75) is 25.8 Å². The Morgan fingerprint density at radius 3 is 2.22 bits per heavy atom. The third kappa shape index (κ3) is 4.93. The number of nitrogens with one attached hydrogen (secondary N) is 1. The van der Waals surface area contributed by atoms with Crippen molar-refractivity contribution in [3.8, 4) is 28.7 Å². The molecule has 0 aliphatic heterocycles. The van der Waals surface area contributed by atoms with Crippen LogP contribution in [0, 0.1) is 11.3 Å². The summed E-state index contributed by atoms with van der Waals surface area (Å²) in [4.78, 5) is 17.2. The Hall–Kier alpha value is -4.17. The Morgan fingerprint density at radius 2 is 1.59 bits per heavy atom. The minimum atomic E-state index is -0.153. The summed E-state index contributed by atoms with van der Waals surface area (Å²) in [5.74, 6) is 1.16. The van der Waals surface area contributed by atoms with Gasteiger partial charge in [0.15, 0.2) is 11.7 Å². The number of oxazole rings is 1. The average Bonchev–Trinajstić information content (AvgIpc) is 3.28. The monoisotopic (exact) mass is 421 g/mol. The second-order valence-electron chi connectivity index (χ2n) is 7.54. The number of rotatable bonds is 7. The Bertz CT molecular complexity index is 1170. The molecule has 5 nitrogen and oxygen atoms in total. The maximum absolute atomic E-state index is 12.5. The molecule has 0 saturated heterocycles. The van der Waals surface area contributed by atoms with Crippen LogP contribution in [0.25, 0.3) is 22.6 Å². The third-order valence-corrected chi connectivity index (χ3v) is 5.24. The number of aromatic nitrogens is 1. The molecule has 0 fully saturated rings. The standard InChI is InChI=1S/C27H23N3O2/c1-19(21-14-12-20(18-28)13-15-21)29-24(31)16-17-25-30-26(22-8-4-2-5-9-22)27(32-25)23-10-6-3-7-11-23/h2-15,19H,16-17H2,1H3,(H,29,31)/t19-/m0/s1. The van der Waals surface area contributed by atoms with E-state index in [-0.39, 0.29) is 18.4 Å². The average molecular weight is 422 g/mol. The summed E-state index contributed by atoms with van der Waals surface area (Å²) in [6, 6.07) is 28.9. The number of aryl methyl sites for hydroxylation is 1. The van der Waals surface area contributed by atoms with E-state index in [4.69, 9.17) is 14.7 Å². The molecule has 0 spiro atoms. The summed E-state index contributed by atoms with van der Waals surface area (Å²) in [6.07, 6.45) is 0.669. The zero-order chi connectivity index (χ0) is 22.3. The van der Waals surface area contributed by atoms with Crippen molar-refractivity contribution in [1.82, 2.24) is 10.3 Å². The summed E-state index contributed by atoms with van der Waals surface area (Å²) in [6.45, 7) is 1.92. The second kappa shape index (κ2) is 9.76. The first kappa shape index (κ1) is 21.1. The van der Waals surface area contributed by atoms with Gasteiger partial charge in [-0.3, -0.25) is 4.79 Å². The molecule has 0 radical (unpaired) electrons. The number of nitrogens with zero attached hydrogens (tertiary/aromatic N) is 2. The molecule has 3 aromatic carbocycles. The molecule has 0 aliphatic rings. The largest absolute Gasteiger partial charge is 0.440 e. The molecular weight excluding hydrogens is 398 g/mol. The van der Waals surface area contributed by atoms with Gasteiger partial charge in [-0.1, -0.05) is 72.8 Å². The van der Waals surface area contributed by atoms with Crippen LogP contribution in [-0.2, 0) is 11.2 Å². The van der Waals surface area contributed by atoms with E-state index in [1.54, 1.807) is 12.1 Å². The summed E-state index contributed by atoms with van der Waals surface area (Å²) < 4.78 is 6.10. The lowest BCUT2D eigenvalue weighted by Crippen LogP contribution is -2.26. The van der Waals surface area contributed by atoms with Crippen LogP contribution in [0.3, 0.4) is 0 Å². The van der Waals surface area contributed by atoms with Crippen LogP contribution < -0.4 is 5.32 Å². The van der Waals surface area contributed by atoms with Crippen LogP contribution >= 0.6 is 0 Å². The van der Waals surface area contributed by atoms with Gasteiger partial charge >= 0.3 is 0 Å². The van der Waals surface area contributed by atoms with Gasteiger partial charge < -0.3 is 9.73 Å². The maximum atomic E-state index is 12.5. The summed E-state index contributed by atoms with van der Waals surface area (Å²) in [5, 5.41) is 11.9. The van der Waals surface area contributed by atoms with Crippen LogP contribution in [0.15, 0.2) is 89.3 Å². The van der Waals surface area contributed by atoms with E-state index >= 15 is 0 Å². The fraction of sp³-hybridized carbons (Fsp3) is 0.148. The molecule has 1 amide bonds. The van der Waals surface area contributed by atoms with Crippen LogP contribution in [-0.4, -0.2) is 10.9 Å². The Balaban J connectivity index is 1.46. The highest BCUT2D eigenvalue weighted by Gasteiger charge is 2.18. The van der Waals surface area contributed by atoms with Crippen LogP contribution in [0.4, 0.5) is 0 Å². The van der Waals surface area contributed by atoms with E-state index in [0.29, 0.717) is 23.6 Å². The van der Waals surface area contributed by atoms with Gasteiger partial charge in [-0.2, -0.15) is 5.26 Å². The molecule has 158 valence electrons. The molecule has 1 atom stereocenters. The van der Waals surface area contributed by atoms with Gasteiger partial charge in [0.25, 0.3) is 0 Å². The van der Waals surface area contributed by atoms with Gasteiger partial charge in [-0.15, -0.1) is 0 Å². The third-order valence-electron chi connectivity index (χ3n) is 5.24. The van der Waals surface area contributed by atoms with Gasteiger partial charge in [0.1, 0.15) is 5.69 Å². The number of amides is 1. The van der Waals surface area contributed by atoms with Gasteiger partial charge in [-0.05, 0) is 24.6 Å². The lowest BCUT2D eigenvalue weighted by atomic mass is 10.1. The minimum absolute atomic E-state index is 0.0809. The first-order valence-corrected chi connectivity index (χ1v) is 10.5. The first-order valence-electron chi connectivity index (χ1n) is 10.5. The second-order valence-corrected chi connectivity index (χ2v) is 7.54. The Morgan fingerprint density at radius 1 is 0.969 bits per heavy atom. The molecule has 1 heterocycles. The fourth-order valence-corrected chi connectivity index (χ4v) is 3.51. The molecule has 0 bridgehead atoms. The highest BCUT2D eigenvalue weighted by molar-refractivity contribution is 5.78. The van der Waals surface area contributed by atoms with E-state index in [1.165, 1.54) is 0 Å². The molecule has 5 heteroatoms. The van der Waals surface area contributed by atoms with Crippen LogP contribution in [0.5, 0.6) is 0 Å². The van der Waals surface area contributed by atoms with Crippen molar-refractivity contribution in [3.05, 3.63) is 102 Å². The quantitative estimate of drug-likeness (QED) is 0.416. The number of carbonyl (C=O) groups excluding carboxylic acids is 1. The molecule has 1 aromatic heterocycles. The Kier molecular flexibility index (Phi) is 6.43. The van der Waals surface area contributed by atoms with E-state index in [0.717, 1.165) is 22.4 Å². The van der Waals surface area contributed by atoms with Crippen molar-refractivity contribution >= 4 is 5.91 Å². The predicted molar refractivity (Wildman–Crippen MR) is 123 cm³/mol. The first-order chi connectivity index (χ1) is 15.6. The van der Waals surface area contributed by atoms with Gasteiger partial charge in [0.05, 0.1) is 17.7 Å². The summed E-state index contributed by atoms with van der Waals surface area (Å²) in [7, 11) is 0. The van der Waals surface area contributed by atoms with Crippen LogP contribution in [0.1, 0.15) is 36.4 Å². The van der Waals surface area contributed by atoms with E-state index in [2.05, 4.69) is 11.4 Å².